The van der Waals surface area contributed by atoms with Gasteiger partial charge in [-0.3, -0.25) is 10.1 Å². The average molecular weight is 531 g/mol. The van der Waals surface area contributed by atoms with Crippen LogP contribution in [0.4, 0.5) is 22.7 Å². The molecular weight excluding hydrogens is 504 g/mol. The minimum Gasteiger partial charge on any atom is -0.310 e. The molecule has 1 aliphatic heterocycles. The number of benzene rings is 6. The van der Waals surface area contributed by atoms with Crippen LogP contribution < -0.4 is 4.90 Å². The van der Waals surface area contributed by atoms with E-state index in [-0.39, 0.29) is 10.6 Å². The Bertz CT molecular complexity index is 1840. The Labute approximate surface area is 238 Å². The molecule has 41 heavy (non-hydrogen) atoms. The first-order chi connectivity index (χ1) is 20.2. The highest BCUT2D eigenvalue weighted by atomic mass is 16.6. The highest BCUT2D eigenvalue weighted by Crippen LogP contribution is 2.57. The molecule has 6 aromatic carbocycles. The molecule has 0 saturated carbocycles. The summed E-state index contributed by atoms with van der Waals surface area (Å²) in [6, 6.07) is 53.4. The molecule has 1 heterocycles. The van der Waals surface area contributed by atoms with Gasteiger partial charge in [0.25, 0.3) is 5.69 Å². The number of fused-ring (bicyclic) bond motifs is 2. The quantitative estimate of drug-likeness (QED) is 0.164. The Morgan fingerprint density at radius 3 is 1.73 bits per heavy atom. The number of rotatable bonds is 5. The summed E-state index contributed by atoms with van der Waals surface area (Å²) in [7, 11) is 0. The summed E-state index contributed by atoms with van der Waals surface area (Å²) in [6.07, 6.45) is 0. The maximum Gasteiger partial charge on any atom is 0.277 e. The van der Waals surface area contributed by atoms with Crippen LogP contribution in [0.2, 0.25) is 0 Å². The second-order valence-corrected chi connectivity index (χ2v) is 10.2. The van der Waals surface area contributed by atoms with Crippen molar-refractivity contribution in [2.45, 2.75) is 5.41 Å². The van der Waals surface area contributed by atoms with Gasteiger partial charge >= 0.3 is 0 Å². The molecule has 0 atom stereocenters. The normalized spacial score (nSPS) is 13.2. The molecule has 0 saturated heterocycles. The van der Waals surface area contributed by atoms with Gasteiger partial charge in [0.15, 0.2) is 0 Å². The molecule has 0 fully saturated rings. The number of nitro groups is 1. The summed E-state index contributed by atoms with van der Waals surface area (Å²) in [6.45, 7) is 0. The predicted molar refractivity (Wildman–Crippen MR) is 165 cm³/mol. The number of anilines is 3. The second kappa shape index (κ2) is 9.92. The second-order valence-electron chi connectivity index (χ2n) is 10.2. The molecule has 4 nitrogen and oxygen atoms in total. The molecule has 0 unspecified atom stereocenters. The lowest BCUT2D eigenvalue weighted by Crippen LogP contribution is -2.37. The Balaban J connectivity index is 1.58. The van der Waals surface area contributed by atoms with Crippen molar-refractivity contribution in [1.82, 2.24) is 0 Å². The van der Waals surface area contributed by atoms with Crippen LogP contribution >= 0.6 is 0 Å². The zero-order valence-corrected chi connectivity index (χ0v) is 22.2. The highest BCUT2D eigenvalue weighted by molar-refractivity contribution is 5.89. The molecule has 0 bridgehead atoms. The molecule has 0 aromatic heterocycles. The molecule has 0 amide bonds. The highest BCUT2D eigenvalue weighted by Gasteiger charge is 2.46. The summed E-state index contributed by atoms with van der Waals surface area (Å²) in [5.41, 5.74) is 8.59. The van der Waals surface area contributed by atoms with E-state index in [1.807, 2.05) is 36.4 Å². The van der Waals surface area contributed by atoms with Gasteiger partial charge in [0, 0.05) is 11.8 Å². The lowest BCUT2D eigenvalue weighted by atomic mass is 9.62. The molecule has 0 aliphatic carbocycles. The molecule has 4 heteroatoms. The van der Waals surface area contributed by atoms with Gasteiger partial charge in [0.05, 0.1) is 27.3 Å². The van der Waals surface area contributed by atoms with Crippen LogP contribution in [0.3, 0.4) is 0 Å². The van der Waals surface area contributed by atoms with Gasteiger partial charge in [-0.25, -0.2) is 0 Å². The van der Waals surface area contributed by atoms with Gasteiger partial charge in [-0.05, 0) is 64.2 Å². The Hall–Kier alpha value is -5.48. The van der Waals surface area contributed by atoms with Crippen LogP contribution in [0.5, 0.6) is 0 Å². The fourth-order valence-electron chi connectivity index (χ4n) is 6.38. The van der Waals surface area contributed by atoms with E-state index < -0.39 is 5.41 Å². The van der Waals surface area contributed by atoms with Crippen molar-refractivity contribution >= 4 is 22.7 Å². The Morgan fingerprint density at radius 1 is 0.537 bits per heavy atom. The maximum atomic E-state index is 12.0. The van der Waals surface area contributed by atoms with E-state index >= 15 is 0 Å². The van der Waals surface area contributed by atoms with Crippen LogP contribution in [0, 0.1) is 10.1 Å². The van der Waals surface area contributed by atoms with Crippen molar-refractivity contribution in [1.29, 1.82) is 0 Å². The summed E-state index contributed by atoms with van der Waals surface area (Å²) in [5, 5.41) is 12.0. The van der Waals surface area contributed by atoms with Gasteiger partial charge < -0.3 is 4.90 Å². The largest absolute Gasteiger partial charge is 0.310 e. The molecule has 196 valence electrons. The molecule has 6 aromatic rings. The van der Waals surface area contributed by atoms with Crippen molar-refractivity contribution < 1.29 is 4.92 Å². The van der Waals surface area contributed by atoms with Crippen LogP contribution in [0.15, 0.2) is 158 Å². The Morgan fingerprint density at radius 2 is 1.07 bits per heavy atom. The third-order valence-electron chi connectivity index (χ3n) is 8.03. The summed E-state index contributed by atoms with van der Waals surface area (Å²) in [5.74, 6) is 0. The third kappa shape index (κ3) is 3.84. The SMILES string of the molecule is O=[N+]([O-])c1ccccc1-c1cccc(C2(c3ccccc3)c3ccccc3N(c3ccccc3)c3ccccc32)c1. The monoisotopic (exact) mass is 530 g/mol. The topological polar surface area (TPSA) is 46.4 Å². The van der Waals surface area contributed by atoms with Crippen molar-refractivity contribution in [3.8, 4) is 11.1 Å². The van der Waals surface area contributed by atoms with Crippen LogP contribution in [0.25, 0.3) is 11.1 Å². The van der Waals surface area contributed by atoms with E-state index in [1.165, 1.54) is 0 Å². The van der Waals surface area contributed by atoms with Crippen LogP contribution in [-0.2, 0) is 5.41 Å². The molecule has 0 spiro atoms. The van der Waals surface area contributed by atoms with E-state index in [1.54, 1.807) is 12.1 Å². The van der Waals surface area contributed by atoms with Gasteiger partial charge in [-0.15, -0.1) is 0 Å². The zero-order valence-electron chi connectivity index (χ0n) is 22.2. The van der Waals surface area contributed by atoms with Crippen LogP contribution in [-0.4, -0.2) is 4.92 Å². The number of nitro benzene ring substituents is 1. The first kappa shape index (κ1) is 24.6. The summed E-state index contributed by atoms with van der Waals surface area (Å²) in [4.78, 5) is 14.0. The van der Waals surface area contributed by atoms with E-state index in [4.69, 9.17) is 0 Å². The van der Waals surface area contributed by atoms with Crippen LogP contribution in [0.1, 0.15) is 22.3 Å². The van der Waals surface area contributed by atoms with Crippen molar-refractivity contribution in [3.63, 3.8) is 0 Å². The zero-order chi connectivity index (χ0) is 27.8. The molecular formula is C37H26N2O2. The fourth-order valence-corrected chi connectivity index (χ4v) is 6.38. The molecule has 1 aliphatic rings. The average Bonchev–Trinajstić information content (AvgIpc) is 3.04. The lowest BCUT2D eigenvalue weighted by molar-refractivity contribution is -0.384. The van der Waals surface area contributed by atoms with E-state index in [0.717, 1.165) is 44.9 Å². The Kier molecular flexibility index (Phi) is 5.94. The number of para-hydroxylation sites is 4. The molecule has 0 radical (unpaired) electrons. The fraction of sp³-hybridized carbons (Fsp3) is 0.0270. The minimum absolute atomic E-state index is 0.0955. The van der Waals surface area contributed by atoms with Crippen molar-refractivity contribution in [2.75, 3.05) is 4.90 Å². The smallest absolute Gasteiger partial charge is 0.277 e. The third-order valence-corrected chi connectivity index (χ3v) is 8.03. The summed E-state index contributed by atoms with van der Waals surface area (Å²) < 4.78 is 0. The van der Waals surface area contributed by atoms with Crippen molar-refractivity contribution in [3.05, 3.63) is 190 Å². The van der Waals surface area contributed by atoms with Gasteiger partial charge in [0.1, 0.15) is 0 Å². The molecule has 0 N–H and O–H groups in total. The molecule has 7 rings (SSSR count). The van der Waals surface area contributed by atoms with Gasteiger partial charge in [0.2, 0.25) is 0 Å². The minimum atomic E-state index is -0.667. The van der Waals surface area contributed by atoms with E-state index in [2.05, 4.69) is 114 Å². The maximum absolute atomic E-state index is 12.0. The van der Waals surface area contributed by atoms with E-state index in [9.17, 15) is 10.1 Å². The lowest BCUT2D eigenvalue weighted by Gasteiger charge is -2.46. The first-order valence-electron chi connectivity index (χ1n) is 13.6. The predicted octanol–water partition coefficient (Wildman–Crippen LogP) is 9.43. The number of hydrogen-bond donors (Lipinski definition) is 0. The number of nitrogens with zero attached hydrogens (tertiary/aromatic N) is 2. The summed E-state index contributed by atoms with van der Waals surface area (Å²) >= 11 is 0. The standard InChI is InChI=1S/C37H26N2O2/c40-39(41)34-23-10-7-20-31(34)27-14-13-17-29(26-27)37(28-15-3-1-4-16-28)32-21-8-11-24-35(32)38(30-18-5-2-6-19-30)36-25-12-9-22-33(36)37/h1-26H. The first-order valence-corrected chi connectivity index (χ1v) is 13.6. The van der Waals surface area contributed by atoms with Gasteiger partial charge in [-0.1, -0.05) is 115 Å². The number of hydrogen-bond acceptors (Lipinski definition) is 3. The van der Waals surface area contributed by atoms with Crippen molar-refractivity contribution in [2.24, 2.45) is 0 Å². The van der Waals surface area contributed by atoms with Gasteiger partial charge in [-0.2, -0.15) is 0 Å². The van der Waals surface area contributed by atoms with E-state index in [0.29, 0.717) is 5.56 Å².